The van der Waals surface area contributed by atoms with Crippen LogP contribution in [-0.2, 0) is 0 Å². The molecule has 0 aliphatic rings. The third-order valence-electron chi connectivity index (χ3n) is 2.84. The molecule has 3 nitrogen and oxygen atoms in total. The topological polar surface area (TPSA) is 45.0 Å². The van der Waals surface area contributed by atoms with Gasteiger partial charge in [-0.2, -0.15) is 5.26 Å². The lowest BCUT2D eigenvalue weighted by Gasteiger charge is -2.06. The minimum absolute atomic E-state index is 0.501. The highest BCUT2D eigenvalue weighted by Crippen LogP contribution is 2.16. The van der Waals surface area contributed by atoms with E-state index < -0.39 is 0 Å². The molecule has 0 atom stereocenters. The molecule has 0 radical (unpaired) electrons. The standard InChI is InChI=1S/C17H16N2O/c1-13-4-3-5-15(10-13)19-16(12-18)11-14-6-8-17(20-2)9-7-14/h3-11,19H,1-2H3. The van der Waals surface area contributed by atoms with E-state index in [0.29, 0.717) is 5.70 Å². The number of methoxy groups -OCH3 is 1. The molecule has 2 aromatic rings. The minimum Gasteiger partial charge on any atom is -0.497 e. The molecule has 0 heterocycles. The fourth-order valence-corrected chi connectivity index (χ4v) is 1.84. The SMILES string of the molecule is COc1ccc(C=C(C#N)Nc2cccc(C)c2)cc1. The number of hydrogen-bond acceptors (Lipinski definition) is 3. The van der Waals surface area contributed by atoms with Gasteiger partial charge in [0.25, 0.3) is 0 Å². The van der Waals surface area contributed by atoms with Crippen LogP contribution in [0, 0.1) is 18.3 Å². The first-order valence-electron chi connectivity index (χ1n) is 6.31. The van der Waals surface area contributed by atoms with Crippen LogP contribution in [0.3, 0.4) is 0 Å². The number of anilines is 1. The minimum atomic E-state index is 0.501. The van der Waals surface area contributed by atoms with Crippen molar-refractivity contribution in [3.05, 3.63) is 65.4 Å². The van der Waals surface area contributed by atoms with Crippen molar-refractivity contribution in [2.45, 2.75) is 6.92 Å². The molecule has 0 unspecified atom stereocenters. The second-order valence-electron chi connectivity index (χ2n) is 4.44. The monoisotopic (exact) mass is 264 g/mol. The predicted octanol–water partition coefficient (Wildman–Crippen LogP) is 3.98. The summed E-state index contributed by atoms with van der Waals surface area (Å²) in [4.78, 5) is 0. The highest BCUT2D eigenvalue weighted by atomic mass is 16.5. The summed E-state index contributed by atoms with van der Waals surface area (Å²) in [5.74, 6) is 0.798. The maximum atomic E-state index is 9.21. The molecule has 0 saturated heterocycles. The summed E-state index contributed by atoms with van der Waals surface area (Å²) in [7, 11) is 1.63. The normalized spacial score (nSPS) is 10.8. The van der Waals surface area contributed by atoms with E-state index in [4.69, 9.17) is 4.74 Å². The second-order valence-corrected chi connectivity index (χ2v) is 4.44. The summed E-state index contributed by atoms with van der Waals surface area (Å²) in [6, 6.07) is 17.6. The number of allylic oxidation sites excluding steroid dienone is 1. The van der Waals surface area contributed by atoms with E-state index in [2.05, 4.69) is 11.4 Å². The lowest BCUT2D eigenvalue weighted by molar-refractivity contribution is 0.415. The number of hydrogen-bond donors (Lipinski definition) is 1. The average molecular weight is 264 g/mol. The lowest BCUT2D eigenvalue weighted by atomic mass is 10.1. The molecule has 20 heavy (non-hydrogen) atoms. The second kappa shape index (κ2) is 6.44. The zero-order valence-electron chi connectivity index (χ0n) is 11.6. The summed E-state index contributed by atoms with van der Waals surface area (Å²) in [6.45, 7) is 2.02. The Kier molecular flexibility index (Phi) is 4.41. The first kappa shape index (κ1) is 13.7. The van der Waals surface area contributed by atoms with Gasteiger partial charge in [0, 0.05) is 5.69 Å². The van der Waals surface area contributed by atoms with Crippen molar-refractivity contribution < 1.29 is 4.74 Å². The molecule has 0 spiro atoms. The summed E-state index contributed by atoms with van der Waals surface area (Å²) in [6.07, 6.45) is 1.81. The fraction of sp³-hybridized carbons (Fsp3) is 0.118. The molecule has 0 aromatic heterocycles. The number of nitrogens with zero attached hydrogens (tertiary/aromatic N) is 1. The first-order valence-corrected chi connectivity index (χ1v) is 6.31. The maximum Gasteiger partial charge on any atom is 0.118 e. The Morgan fingerprint density at radius 1 is 1.20 bits per heavy atom. The van der Waals surface area contributed by atoms with Crippen molar-refractivity contribution >= 4 is 11.8 Å². The lowest BCUT2D eigenvalue weighted by Crippen LogP contribution is -1.97. The van der Waals surface area contributed by atoms with Crippen molar-refractivity contribution in [2.24, 2.45) is 0 Å². The Morgan fingerprint density at radius 3 is 2.55 bits per heavy atom. The van der Waals surface area contributed by atoms with Gasteiger partial charge in [-0.05, 0) is 48.4 Å². The summed E-state index contributed by atoms with van der Waals surface area (Å²) < 4.78 is 5.11. The van der Waals surface area contributed by atoms with Gasteiger partial charge in [0.1, 0.15) is 17.5 Å². The summed E-state index contributed by atoms with van der Waals surface area (Å²) >= 11 is 0. The molecule has 0 fully saturated rings. The summed E-state index contributed by atoms with van der Waals surface area (Å²) in [5, 5.41) is 12.3. The highest BCUT2D eigenvalue weighted by molar-refractivity contribution is 5.64. The molecule has 100 valence electrons. The van der Waals surface area contributed by atoms with Crippen LogP contribution in [0.2, 0.25) is 0 Å². The Hall–Kier alpha value is -2.73. The number of benzene rings is 2. The third-order valence-corrected chi connectivity index (χ3v) is 2.84. The smallest absolute Gasteiger partial charge is 0.118 e. The van der Waals surface area contributed by atoms with E-state index >= 15 is 0 Å². The maximum absolute atomic E-state index is 9.21. The van der Waals surface area contributed by atoms with Crippen LogP contribution in [0.25, 0.3) is 6.08 Å². The van der Waals surface area contributed by atoms with Crippen LogP contribution in [0.1, 0.15) is 11.1 Å². The molecular weight excluding hydrogens is 248 g/mol. The van der Waals surface area contributed by atoms with Gasteiger partial charge in [0.05, 0.1) is 7.11 Å². The number of ether oxygens (including phenoxy) is 1. The van der Waals surface area contributed by atoms with Crippen LogP contribution < -0.4 is 10.1 Å². The molecule has 1 N–H and O–H groups in total. The van der Waals surface area contributed by atoms with Crippen molar-refractivity contribution in [3.8, 4) is 11.8 Å². The van der Waals surface area contributed by atoms with Gasteiger partial charge in [-0.3, -0.25) is 0 Å². The van der Waals surface area contributed by atoms with E-state index in [1.165, 1.54) is 0 Å². The molecule has 0 saturated carbocycles. The van der Waals surface area contributed by atoms with Crippen molar-refractivity contribution in [1.82, 2.24) is 0 Å². The van der Waals surface area contributed by atoms with Crippen LogP contribution in [0.5, 0.6) is 5.75 Å². The molecule has 0 bridgehead atoms. The Balaban J connectivity index is 2.19. The van der Waals surface area contributed by atoms with Crippen molar-refractivity contribution in [2.75, 3.05) is 12.4 Å². The number of aryl methyl sites for hydroxylation is 1. The Bertz CT molecular complexity index is 651. The number of rotatable bonds is 4. The van der Waals surface area contributed by atoms with Crippen molar-refractivity contribution in [1.29, 1.82) is 5.26 Å². The number of nitrogens with one attached hydrogen (secondary N) is 1. The molecular formula is C17H16N2O. The van der Waals surface area contributed by atoms with Gasteiger partial charge in [-0.15, -0.1) is 0 Å². The molecule has 2 rings (SSSR count). The number of nitriles is 1. The zero-order chi connectivity index (χ0) is 14.4. The largest absolute Gasteiger partial charge is 0.497 e. The van der Waals surface area contributed by atoms with E-state index in [0.717, 1.165) is 22.6 Å². The molecule has 0 amide bonds. The first-order chi connectivity index (χ1) is 9.71. The van der Waals surface area contributed by atoms with E-state index in [-0.39, 0.29) is 0 Å². The van der Waals surface area contributed by atoms with Gasteiger partial charge in [0.2, 0.25) is 0 Å². The van der Waals surface area contributed by atoms with Gasteiger partial charge in [0.15, 0.2) is 0 Å². The third kappa shape index (κ3) is 3.63. The molecule has 0 aliphatic carbocycles. The molecule has 3 heteroatoms. The average Bonchev–Trinajstić information content (AvgIpc) is 2.47. The van der Waals surface area contributed by atoms with Crippen molar-refractivity contribution in [3.63, 3.8) is 0 Å². The van der Waals surface area contributed by atoms with Gasteiger partial charge in [-0.25, -0.2) is 0 Å². The Morgan fingerprint density at radius 2 is 1.95 bits per heavy atom. The van der Waals surface area contributed by atoms with Gasteiger partial charge < -0.3 is 10.1 Å². The molecule has 2 aromatic carbocycles. The van der Waals surface area contributed by atoms with E-state index in [1.807, 2.05) is 61.5 Å². The highest BCUT2D eigenvalue weighted by Gasteiger charge is 1.99. The van der Waals surface area contributed by atoms with Crippen LogP contribution in [0.15, 0.2) is 54.2 Å². The Labute approximate surface area is 119 Å². The fourth-order valence-electron chi connectivity index (χ4n) is 1.84. The van der Waals surface area contributed by atoms with Crippen LogP contribution >= 0.6 is 0 Å². The van der Waals surface area contributed by atoms with Crippen LogP contribution in [0.4, 0.5) is 5.69 Å². The van der Waals surface area contributed by atoms with E-state index in [1.54, 1.807) is 7.11 Å². The quantitative estimate of drug-likeness (QED) is 0.849. The predicted molar refractivity (Wildman–Crippen MR) is 81.4 cm³/mol. The molecule has 0 aliphatic heterocycles. The summed E-state index contributed by atoms with van der Waals surface area (Å²) in [5.41, 5.74) is 3.51. The van der Waals surface area contributed by atoms with Gasteiger partial charge in [-0.1, -0.05) is 24.3 Å². The van der Waals surface area contributed by atoms with E-state index in [9.17, 15) is 5.26 Å². The zero-order valence-corrected chi connectivity index (χ0v) is 11.6. The van der Waals surface area contributed by atoms with Crippen LogP contribution in [-0.4, -0.2) is 7.11 Å². The van der Waals surface area contributed by atoms with Gasteiger partial charge >= 0.3 is 0 Å².